The highest BCUT2D eigenvalue weighted by molar-refractivity contribution is 7.10. The summed E-state index contributed by atoms with van der Waals surface area (Å²) in [5.41, 5.74) is 10.5. The van der Waals surface area contributed by atoms with Gasteiger partial charge in [-0.1, -0.05) is 26.8 Å². The summed E-state index contributed by atoms with van der Waals surface area (Å²) in [5, 5.41) is 8.55. The monoisotopic (exact) mass is 1020 g/mol. The maximum absolute atomic E-state index is 15.1. The first-order chi connectivity index (χ1) is 35.3. The SMILES string of the molecule is CO[C@@H](C)c1ncc(N2CCN(C)CC2)cc1-c1c2c3cc(ccc3n1CCOC1CCOCC1)-c1csc(n1)[C@@H](N1CC3(COC3)C1)[C@H](NC(=O)[C@@H]1OC[C@@H]1C)C(=O)N1CCC[C@H](N1)C(=O)OCC(C)(C)C2. The van der Waals surface area contributed by atoms with Crippen molar-refractivity contribution in [2.75, 3.05) is 111 Å². The Labute approximate surface area is 432 Å². The molecule has 6 saturated heterocycles. The van der Waals surface area contributed by atoms with Crippen molar-refractivity contribution >= 4 is 45.7 Å². The van der Waals surface area contributed by atoms with Gasteiger partial charge in [0.25, 0.3) is 5.91 Å². The molecule has 18 nitrogen and oxygen atoms in total. The van der Waals surface area contributed by atoms with Crippen LogP contribution in [0.1, 0.15) is 81.8 Å². The molecule has 4 aromatic rings. The van der Waals surface area contributed by atoms with Gasteiger partial charge < -0.3 is 48.1 Å². The number of carbonyl (C=O) groups excluding carboxylic acids is 3. The summed E-state index contributed by atoms with van der Waals surface area (Å²) in [4.78, 5) is 61.2. The molecule has 0 aliphatic carbocycles. The first kappa shape index (κ1) is 50.6. The van der Waals surface area contributed by atoms with Crippen LogP contribution >= 0.6 is 11.3 Å². The van der Waals surface area contributed by atoms with E-state index in [-0.39, 0.29) is 42.0 Å². The minimum atomic E-state index is -1.03. The number of nitrogens with one attached hydrogen (secondary N) is 2. The lowest BCUT2D eigenvalue weighted by Crippen LogP contribution is -2.70. The maximum atomic E-state index is 15.1. The van der Waals surface area contributed by atoms with Gasteiger partial charge in [0.2, 0.25) is 5.91 Å². The van der Waals surface area contributed by atoms with Gasteiger partial charge in [0.15, 0.2) is 0 Å². The largest absolute Gasteiger partial charge is 0.464 e. The van der Waals surface area contributed by atoms with Crippen molar-refractivity contribution in [1.29, 1.82) is 0 Å². The lowest BCUT2D eigenvalue weighted by atomic mass is 9.76. The number of hydrogen-bond acceptors (Lipinski definition) is 16. The van der Waals surface area contributed by atoms with E-state index in [1.807, 2.05) is 13.1 Å². The van der Waals surface area contributed by atoms with Gasteiger partial charge in [-0.05, 0) is 69.8 Å². The van der Waals surface area contributed by atoms with Crippen LogP contribution in [0.25, 0.3) is 33.4 Å². The van der Waals surface area contributed by atoms with Crippen LogP contribution in [0.15, 0.2) is 35.8 Å². The average Bonchev–Trinajstić information content (AvgIpc) is 3.97. The van der Waals surface area contributed by atoms with Crippen molar-refractivity contribution in [3.63, 3.8) is 0 Å². The molecular weight excluding hydrogens is 951 g/mol. The quantitative estimate of drug-likeness (QED) is 0.192. The second-order valence-electron chi connectivity index (χ2n) is 22.6. The van der Waals surface area contributed by atoms with E-state index in [0.29, 0.717) is 85.1 Å². The Bertz CT molecular complexity index is 2670. The predicted octanol–water partition coefficient (Wildman–Crippen LogP) is 5.00. The van der Waals surface area contributed by atoms with Crippen molar-refractivity contribution in [3.8, 4) is 22.5 Å². The Morgan fingerprint density at radius 3 is 2.53 bits per heavy atom. The van der Waals surface area contributed by atoms with E-state index >= 15 is 4.79 Å². The third kappa shape index (κ3) is 10.2. The number of cyclic esters (lactones) is 1. The molecule has 3 aromatic heterocycles. The number of piperazine rings is 1. The standard InChI is InChI=1S/C54H73N9O9S/c1-33-26-71-48(33)49(64)57-45-47(61-28-54(29-61)31-69-32-54)50-56-42(27-73-50)35-9-10-43-38(22-35)40(24-53(3,4)30-72-52(66)41-8-7-13-63(58-41)51(45)65)46(62(43)18-21-70-37-11-19-68-20-12-37)39-23-36(25-55-44(39)34(2)67-6)60-16-14-59(5)15-17-60/h9-10,22-23,25,27,33-34,37,41,45,47-48,58H,7-8,11-21,24,26,28-32H2,1-6H3,(H,57,64)/t33-,34-,41-,45-,47-,48+/m0/s1. The highest BCUT2D eigenvalue weighted by Crippen LogP contribution is 2.46. The zero-order valence-corrected chi connectivity index (χ0v) is 44.2. The number of amides is 2. The minimum absolute atomic E-state index is 0.00388. The summed E-state index contributed by atoms with van der Waals surface area (Å²) in [5.74, 6) is -1.07. The van der Waals surface area contributed by atoms with Crippen LogP contribution in [0, 0.1) is 16.7 Å². The fraction of sp³-hybridized carbons (Fsp3) is 0.648. The summed E-state index contributed by atoms with van der Waals surface area (Å²) in [6.07, 6.45) is 4.49. The number of aromatic nitrogens is 3. The molecule has 2 amide bonds. The fourth-order valence-corrected chi connectivity index (χ4v) is 12.8. The lowest BCUT2D eigenvalue weighted by Gasteiger charge is -2.58. The van der Waals surface area contributed by atoms with E-state index < -0.39 is 35.6 Å². The van der Waals surface area contributed by atoms with E-state index in [4.69, 9.17) is 38.4 Å². The molecule has 1 aromatic carbocycles. The van der Waals surface area contributed by atoms with Gasteiger partial charge in [0, 0.05) is 117 Å². The molecule has 73 heavy (non-hydrogen) atoms. The number of thiazole rings is 1. The predicted molar refractivity (Wildman–Crippen MR) is 276 cm³/mol. The van der Waals surface area contributed by atoms with Crippen LogP contribution < -0.4 is 15.6 Å². The summed E-state index contributed by atoms with van der Waals surface area (Å²) >= 11 is 1.50. The Hall–Kier alpha value is -4.57. The topological polar surface area (TPSA) is 174 Å². The van der Waals surface area contributed by atoms with E-state index in [9.17, 15) is 9.59 Å². The molecule has 6 fully saturated rings. The van der Waals surface area contributed by atoms with Gasteiger partial charge in [-0.15, -0.1) is 11.3 Å². The van der Waals surface area contributed by atoms with Crippen LogP contribution in [0.5, 0.6) is 0 Å². The zero-order valence-electron chi connectivity index (χ0n) is 43.4. The van der Waals surface area contributed by atoms with E-state index in [0.717, 1.165) is 94.4 Å². The molecule has 10 heterocycles. The van der Waals surface area contributed by atoms with Crippen LogP contribution in [0.2, 0.25) is 0 Å². The first-order valence-electron chi connectivity index (χ1n) is 26.5. The smallest absolute Gasteiger partial charge is 0.324 e. The third-order valence-corrected chi connectivity index (χ3v) is 17.2. The zero-order chi connectivity index (χ0) is 50.6. The number of pyridine rings is 1. The van der Waals surface area contributed by atoms with Crippen LogP contribution in [-0.2, 0) is 55.8 Å². The molecule has 6 bridgehead atoms. The van der Waals surface area contributed by atoms with Gasteiger partial charge in [-0.3, -0.25) is 29.3 Å². The molecule has 19 heteroatoms. The van der Waals surface area contributed by atoms with Gasteiger partial charge in [0.1, 0.15) is 23.2 Å². The molecular formula is C54H73N9O9S. The van der Waals surface area contributed by atoms with Gasteiger partial charge >= 0.3 is 5.97 Å². The van der Waals surface area contributed by atoms with Gasteiger partial charge in [-0.25, -0.2) is 10.4 Å². The van der Waals surface area contributed by atoms with E-state index in [2.05, 4.69) is 87.5 Å². The number of fused-ring (bicyclic) bond motifs is 6. The number of hydrazine groups is 1. The maximum Gasteiger partial charge on any atom is 0.324 e. The van der Waals surface area contributed by atoms with Crippen molar-refractivity contribution < 1.29 is 42.8 Å². The highest BCUT2D eigenvalue weighted by Gasteiger charge is 2.55. The summed E-state index contributed by atoms with van der Waals surface area (Å²) in [6, 6.07) is 6.51. The number of carbonyl (C=O) groups is 3. The minimum Gasteiger partial charge on any atom is -0.464 e. The molecule has 7 aliphatic heterocycles. The Balaban J connectivity index is 1.07. The number of nitrogens with zero attached hydrogens (tertiary/aromatic N) is 7. The molecule has 0 unspecified atom stereocenters. The van der Waals surface area contributed by atoms with Crippen molar-refractivity contribution in [1.82, 2.24) is 40.1 Å². The van der Waals surface area contributed by atoms with Crippen molar-refractivity contribution in [3.05, 3.63) is 52.1 Å². The number of benzene rings is 1. The Kier molecular flexibility index (Phi) is 14.5. The molecule has 11 rings (SSSR count). The van der Waals surface area contributed by atoms with Crippen molar-refractivity contribution in [2.45, 2.75) is 103 Å². The van der Waals surface area contributed by atoms with Gasteiger partial charge in [-0.2, -0.15) is 0 Å². The summed E-state index contributed by atoms with van der Waals surface area (Å²) < 4.78 is 38.6. The number of methoxy groups -OCH3 is 1. The van der Waals surface area contributed by atoms with Crippen LogP contribution in [0.3, 0.4) is 0 Å². The number of rotatable bonds is 11. The lowest BCUT2D eigenvalue weighted by molar-refractivity contribution is -0.203. The normalized spacial score (nSPS) is 27.5. The highest BCUT2D eigenvalue weighted by atomic mass is 32.1. The molecule has 6 atom stereocenters. The van der Waals surface area contributed by atoms with Crippen molar-refractivity contribution in [2.24, 2.45) is 16.7 Å². The number of likely N-dealkylation sites (N-methyl/N-ethyl adjacent to an activating group) is 1. The number of ether oxygens (including phenoxy) is 6. The molecule has 2 N–H and O–H groups in total. The molecule has 394 valence electrons. The first-order valence-corrected chi connectivity index (χ1v) is 27.4. The molecule has 7 aliphatic rings. The van der Waals surface area contributed by atoms with Crippen LogP contribution in [-0.4, -0.2) is 178 Å². The molecule has 0 radical (unpaired) electrons. The second kappa shape index (κ2) is 20.9. The van der Waals surface area contributed by atoms with E-state index in [1.165, 1.54) is 16.3 Å². The van der Waals surface area contributed by atoms with Crippen LogP contribution in [0.4, 0.5) is 5.69 Å². The summed E-state index contributed by atoms with van der Waals surface area (Å²) in [7, 11) is 3.90. The van der Waals surface area contributed by atoms with Gasteiger partial charge in [0.05, 0.1) is 80.3 Å². The number of esters is 1. The average molecular weight is 1020 g/mol. The summed E-state index contributed by atoms with van der Waals surface area (Å²) in [6.45, 7) is 18.2. The Morgan fingerprint density at radius 2 is 1.82 bits per heavy atom. The number of anilines is 1. The Morgan fingerprint density at radius 1 is 1.03 bits per heavy atom. The number of hydrogen-bond donors (Lipinski definition) is 2. The molecule has 0 saturated carbocycles. The fourth-order valence-electron chi connectivity index (χ4n) is 11.8. The number of likely N-dealkylation sites (tertiary alicyclic amines) is 1. The second-order valence-corrected chi connectivity index (χ2v) is 23.5. The van der Waals surface area contributed by atoms with E-state index in [1.54, 1.807) is 7.11 Å². The molecule has 1 spiro atoms. The third-order valence-electron chi connectivity index (χ3n) is 16.3.